The summed E-state index contributed by atoms with van der Waals surface area (Å²) >= 11 is 0. The van der Waals surface area contributed by atoms with Crippen molar-refractivity contribution in [1.82, 2.24) is 5.32 Å². The highest BCUT2D eigenvalue weighted by Gasteiger charge is 2.25. The Morgan fingerprint density at radius 1 is 0.952 bits per heavy atom. The molecule has 0 radical (unpaired) electrons. The number of amides is 1. The Morgan fingerprint density at radius 2 is 1.57 bits per heavy atom. The molecule has 1 atom stereocenters. The van der Waals surface area contributed by atoms with E-state index in [0.717, 1.165) is 11.1 Å². The smallest absolute Gasteiger partial charge is 0.226 e. The molecule has 1 amide bonds. The van der Waals surface area contributed by atoms with E-state index in [0.29, 0.717) is 0 Å². The molecule has 0 unspecified atom stereocenters. The van der Waals surface area contributed by atoms with Crippen LogP contribution >= 0.6 is 0 Å². The number of carbonyl (C=O) groups excluding carboxylic acids is 1. The quantitative estimate of drug-likeness (QED) is 0.895. The van der Waals surface area contributed by atoms with E-state index in [1.165, 1.54) is 5.56 Å². The number of carbonyl (C=O) groups is 1. The van der Waals surface area contributed by atoms with Crippen molar-refractivity contribution >= 4 is 5.91 Å². The van der Waals surface area contributed by atoms with Gasteiger partial charge in [0.05, 0.1) is 6.04 Å². The average Bonchev–Trinajstić information content (AvgIpc) is 2.44. The molecule has 0 heterocycles. The molecule has 2 rings (SSSR count). The molecular weight excluding hydrogens is 258 g/mol. The van der Waals surface area contributed by atoms with E-state index in [1.807, 2.05) is 45.0 Å². The second kappa shape index (κ2) is 6.13. The molecule has 0 aliphatic carbocycles. The van der Waals surface area contributed by atoms with Gasteiger partial charge in [-0.25, -0.2) is 0 Å². The summed E-state index contributed by atoms with van der Waals surface area (Å²) in [4.78, 5) is 12.4. The summed E-state index contributed by atoms with van der Waals surface area (Å²) in [5.74, 6) is 0.0536. The summed E-state index contributed by atoms with van der Waals surface area (Å²) in [5, 5.41) is 3.18. The van der Waals surface area contributed by atoms with Gasteiger partial charge >= 0.3 is 0 Å². The van der Waals surface area contributed by atoms with Gasteiger partial charge in [0.1, 0.15) is 0 Å². The third kappa shape index (κ3) is 3.94. The lowest BCUT2D eigenvalue weighted by atomic mass is 9.92. The first-order valence-electron chi connectivity index (χ1n) is 7.30. The van der Waals surface area contributed by atoms with Crippen LogP contribution in [-0.4, -0.2) is 5.91 Å². The van der Waals surface area contributed by atoms with Gasteiger partial charge in [-0.15, -0.1) is 0 Å². The van der Waals surface area contributed by atoms with Crippen LogP contribution in [0.4, 0.5) is 0 Å². The van der Waals surface area contributed by atoms with Crippen LogP contribution in [-0.2, 0) is 4.79 Å². The molecule has 0 saturated carbocycles. The average molecular weight is 281 g/mol. The molecule has 0 saturated heterocycles. The van der Waals surface area contributed by atoms with Crippen molar-refractivity contribution in [2.75, 3.05) is 0 Å². The zero-order valence-corrected chi connectivity index (χ0v) is 13.2. The number of benzene rings is 2. The molecule has 0 bridgehead atoms. The van der Waals surface area contributed by atoms with Crippen LogP contribution in [0.3, 0.4) is 0 Å². The van der Waals surface area contributed by atoms with E-state index in [4.69, 9.17) is 0 Å². The lowest BCUT2D eigenvalue weighted by Crippen LogP contribution is -2.37. The van der Waals surface area contributed by atoms with E-state index < -0.39 is 5.41 Å². The molecule has 2 nitrogen and oxygen atoms in total. The van der Waals surface area contributed by atoms with Crippen LogP contribution < -0.4 is 5.32 Å². The van der Waals surface area contributed by atoms with Crippen LogP contribution in [0.2, 0.25) is 0 Å². The Kier molecular flexibility index (Phi) is 4.46. The van der Waals surface area contributed by atoms with Gasteiger partial charge in [-0.3, -0.25) is 4.79 Å². The van der Waals surface area contributed by atoms with Gasteiger partial charge in [0.2, 0.25) is 5.91 Å². The van der Waals surface area contributed by atoms with Crippen molar-refractivity contribution in [2.24, 2.45) is 5.41 Å². The second-order valence-corrected chi connectivity index (χ2v) is 6.48. The third-order valence-corrected chi connectivity index (χ3v) is 3.46. The minimum atomic E-state index is -0.406. The van der Waals surface area contributed by atoms with Gasteiger partial charge in [0.25, 0.3) is 0 Å². The van der Waals surface area contributed by atoms with Gasteiger partial charge in [-0.2, -0.15) is 0 Å². The Morgan fingerprint density at radius 3 is 2.14 bits per heavy atom. The van der Waals surface area contributed by atoms with E-state index in [1.54, 1.807) is 0 Å². The van der Waals surface area contributed by atoms with Crippen LogP contribution in [0.25, 0.3) is 0 Å². The van der Waals surface area contributed by atoms with Crippen molar-refractivity contribution in [3.05, 3.63) is 71.3 Å². The summed E-state index contributed by atoms with van der Waals surface area (Å²) in [6.45, 7) is 7.86. The molecule has 2 aromatic carbocycles. The first kappa shape index (κ1) is 15.3. The summed E-state index contributed by atoms with van der Waals surface area (Å²) in [7, 11) is 0. The zero-order chi connectivity index (χ0) is 15.5. The fourth-order valence-corrected chi connectivity index (χ4v) is 2.20. The molecule has 21 heavy (non-hydrogen) atoms. The first-order chi connectivity index (χ1) is 9.88. The minimum absolute atomic E-state index is 0.0536. The van der Waals surface area contributed by atoms with Gasteiger partial charge in [-0.1, -0.05) is 80.9 Å². The van der Waals surface area contributed by atoms with Crippen LogP contribution in [0, 0.1) is 12.3 Å². The van der Waals surface area contributed by atoms with E-state index >= 15 is 0 Å². The first-order valence-corrected chi connectivity index (χ1v) is 7.30. The topological polar surface area (TPSA) is 29.1 Å². The predicted octanol–water partition coefficient (Wildman–Crippen LogP) is 4.25. The Hall–Kier alpha value is -2.09. The zero-order valence-electron chi connectivity index (χ0n) is 13.2. The summed E-state index contributed by atoms with van der Waals surface area (Å²) in [6.07, 6.45) is 0. The molecule has 0 fully saturated rings. The lowest BCUT2D eigenvalue weighted by Gasteiger charge is -2.25. The highest BCUT2D eigenvalue weighted by molar-refractivity contribution is 5.82. The number of nitrogens with one attached hydrogen (secondary N) is 1. The summed E-state index contributed by atoms with van der Waals surface area (Å²) < 4.78 is 0. The van der Waals surface area contributed by atoms with Gasteiger partial charge in [0, 0.05) is 5.41 Å². The number of hydrogen-bond donors (Lipinski definition) is 1. The van der Waals surface area contributed by atoms with Crippen molar-refractivity contribution in [3.63, 3.8) is 0 Å². The molecule has 0 spiro atoms. The Balaban J connectivity index is 2.38. The molecule has 2 heteroatoms. The maximum Gasteiger partial charge on any atom is 0.226 e. The standard InChI is InChI=1S/C19H23NO/c1-14-9-8-12-16(13-14)17(15-10-6-5-7-11-15)20-18(21)19(2,3)4/h5-13,17H,1-4H3,(H,20,21)/t17-/m0/s1. The molecule has 2 aromatic rings. The third-order valence-electron chi connectivity index (χ3n) is 3.46. The van der Waals surface area contributed by atoms with E-state index in [2.05, 4.69) is 42.6 Å². The molecular formula is C19H23NO. The van der Waals surface area contributed by atoms with Crippen molar-refractivity contribution in [1.29, 1.82) is 0 Å². The molecule has 0 aromatic heterocycles. The van der Waals surface area contributed by atoms with Crippen LogP contribution in [0.15, 0.2) is 54.6 Å². The monoisotopic (exact) mass is 281 g/mol. The molecule has 0 aliphatic heterocycles. The van der Waals surface area contributed by atoms with Gasteiger partial charge in [0.15, 0.2) is 0 Å². The normalized spacial score (nSPS) is 12.8. The van der Waals surface area contributed by atoms with Crippen molar-refractivity contribution < 1.29 is 4.79 Å². The molecule has 0 aliphatic rings. The molecule has 110 valence electrons. The van der Waals surface area contributed by atoms with E-state index in [-0.39, 0.29) is 11.9 Å². The Labute approximate surface area is 127 Å². The fourth-order valence-electron chi connectivity index (χ4n) is 2.20. The predicted molar refractivity (Wildman–Crippen MR) is 87.1 cm³/mol. The number of rotatable bonds is 3. The molecule has 1 N–H and O–H groups in total. The van der Waals surface area contributed by atoms with Gasteiger partial charge in [-0.05, 0) is 18.1 Å². The van der Waals surface area contributed by atoms with Crippen LogP contribution in [0.5, 0.6) is 0 Å². The van der Waals surface area contributed by atoms with Crippen LogP contribution in [0.1, 0.15) is 43.5 Å². The minimum Gasteiger partial charge on any atom is -0.345 e. The summed E-state index contributed by atoms with van der Waals surface area (Å²) in [6, 6.07) is 18.3. The second-order valence-electron chi connectivity index (χ2n) is 6.48. The highest BCUT2D eigenvalue weighted by atomic mass is 16.2. The Bertz CT molecular complexity index is 611. The van der Waals surface area contributed by atoms with E-state index in [9.17, 15) is 4.79 Å². The maximum atomic E-state index is 12.4. The summed E-state index contributed by atoms with van der Waals surface area (Å²) in [5.41, 5.74) is 2.99. The number of aryl methyl sites for hydroxylation is 1. The van der Waals surface area contributed by atoms with Crippen molar-refractivity contribution in [3.8, 4) is 0 Å². The van der Waals surface area contributed by atoms with Crippen molar-refractivity contribution in [2.45, 2.75) is 33.7 Å². The fraction of sp³-hybridized carbons (Fsp3) is 0.316. The lowest BCUT2D eigenvalue weighted by molar-refractivity contribution is -0.129. The highest BCUT2D eigenvalue weighted by Crippen LogP contribution is 2.25. The SMILES string of the molecule is Cc1cccc([C@@H](NC(=O)C(C)(C)C)c2ccccc2)c1. The maximum absolute atomic E-state index is 12.4. The largest absolute Gasteiger partial charge is 0.345 e. The number of hydrogen-bond acceptors (Lipinski definition) is 1. The van der Waals surface area contributed by atoms with Gasteiger partial charge < -0.3 is 5.32 Å².